The first kappa shape index (κ1) is 11.6. The summed E-state index contributed by atoms with van der Waals surface area (Å²) in [6, 6.07) is 0. The highest BCUT2D eigenvalue weighted by Gasteiger charge is 2.23. The largest absolute Gasteiger partial charge is 0.465 e. The molecular weight excluding hydrogens is 198 g/mol. The molecule has 5 heteroatoms. The highest BCUT2D eigenvalue weighted by atomic mass is 16.5. The standard InChI is InChI=1S/C10H15NO4/c1-2-15-9(12)4-3-8-5-6-11(7-8)10(13)14/h3-4,8H,2,5-7H2,1H3,(H,13,14)/b4-3+/t8-/m1/s1. The van der Waals surface area contributed by atoms with Gasteiger partial charge in [-0.1, -0.05) is 6.08 Å². The van der Waals surface area contributed by atoms with Crippen molar-refractivity contribution in [3.8, 4) is 0 Å². The molecular formula is C10H15NO4. The van der Waals surface area contributed by atoms with Crippen molar-refractivity contribution >= 4 is 12.1 Å². The van der Waals surface area contributed by atoms with Gasteiger partial charge in [0.05, 0.1) is 6.61 Å². The van der Waals surface area contributed by atoms with Gasteiger partial charge in [-0.15, -0.1) is 0 Å². The third kappa shape index (κ3) is 3.61. The van der Waals surface area contributed by atoms with E-state index in [1.807, 2.05) is 0 Å². The number of amides is 1. The molecule has 1 rings (SSSR count). The highest BCUT2D eigenvalue weighted by molar-refractivity contribution is 5.81. The smallest absolute Gasteiger partial charge is 0.407 e. The normalized spacial score (nSPS) is 20.9. The van der Waals surface area contributed by atoms with Crippen LogP contribution in [0.15, 0.2) is 12.2 Å². The SMILES string of the molecule is CCOC(=O)/C=C/[C@@H]1CCN(C(=O)O)C1. The number of carbonyl (C=O) groups excluding carboxylic acids is 1. The van der Waals surface area contributed by atoms with E-state index in [1.165, 1.54) is 11.0 Å². The number of likely N-dealkylation sites (tertiary alicyclic amines) is 1. The second-order valence-corrected chi connectivity index (χ2v) is 3.39. The topological polar surface area (TPSA) is 66.8 Å². The Hall–Kier alpha value is -1.52. The fourth-order valence-corrected chi connectivity index (χ4v) is 1.52. The van der Waals surface area contributed by atoms with Gasteiger partial charge in [-0.25, -0.2) is 9.59 Å². The number of carbonyl (C=O) groups is 2. The van der Waals surface area contributed by atoms with Crippen LogP contribution in [0.5, 0.6) is 0 Å². The van der Waals surface area contributed by atoms with Gasteiger partial charge in [-0.05, 0) is 19.3 Å². The predicted molar refractivity (Wildman–Crippen MR) is 53.5 cm³/mol. The Kier molecular flexibility index (Phi) is 4.15. The molecule has 1 heterocycles. The maximum atomic E-state index is 11.0. The maximum Gasteiger partial charge on any atom is 0.407 e. The van der Waals surface area contributed by atoms with Gasteiger partial charge < -0.3 is 14.7 Å². The van der Waals surface area contributed by atoms with E-state index in [0.29, 0.717) is 19.7 Å². The van der Waals surface area contributed by atoms with Crippen molar-refractivity contribution in [3.63, 3.8) is 0 Å². The van der Waals surface area contributed by atoms with Crippen LogP contribution in [0.4, 0.5) is 4.79 Å². The molecule has 0 aromatic carbocycles. The monoisotopic (exact) mass is 213 g/mol. The van der Waals surface area contributed by atoms with Gasteiger partial charge in [0.2, 0.25) is 0 Å². The first-order valence-corrected chi connectivity index (χ1v) is 4.96. The van der Waals surface area contributed by atoms with Crippen LogP contribution >= 0.6 is 0 Å². The fraction of sp³-hybridized carbons (Fsp3) is 0.600. The maximum absolute atomic E-state index is 11.0. The van der Waals surface area contributed by atoms with E-state index >= 15 is 0 Å². The first-order valence-electron chi connectivity index (χ1n) is 4.96. The van der Waals surface area contributed by atoms with E-state index in [9.17, 15) is 9.59 Å². The van der Waals surface area contributed by atoms with Crippen LogP contribution in [-0.2, 0) is 9.53 Å². The van der Waals surface area contributed by atoms with E-state index in [1.54, 1.807) is 13.0 Å². The van der Waals surface area contributed by atoms with E-state index in [0.717, 1.165) is 6.42 Å². The first-order chi connectivity index (χ1) is 7.13. The Balaban J connectivity index is 2.35. The number of nitrogens with zero attached hydrogens (tertiary/aromatic N) is 1. The lowest BCUT2D eigenvalue weighted by Gasteiger charge is -2.09. The number of carboxylic acid groups (broad SMARTS) is 1. The molecule has 5 nitrogen and oxygen atoms in total. The molecule has 0 bridgehead atoms. The van der Waals surface area contributed by atoms with Gasteiger partial charge in [-0.3, -0.25) is 0 Å². The molecule has 1 aliphatic rings. The molecule has 15 heavy (non-hydrogen) atoms. The average molecular weight is 213 g/mol. The number of hydrogen-bond donors (Lipinski definition) is 1. The molecule has 0 aromatic rings. The van der Waals surface area contributed by atoms with Gasteiger partial charge in [0, 0.05) is 19.2 Å². The summed E-state index contributed by atoms with van der Waals surface area (Å²) in [7, 11) is 0. The van der Waals surface area contributed by atoms with E-state index in [4.69, 9.17) is 9.84 Å². The van der Waals surface area contributed by atoms with Crippen LogP contribution in [0, 0.1) is 5.92 Å². The Labute approximate surface area is 88.3 Å². The van der Waals surface area contributed by atoms with E-state index in [-0.39, 0.29) is 11.9 Å². The van der Waals surface area contributed by atoms with Crippen molar-refractivity contribution in [2.45, 2.75) is 13.3 Å². The number of hydrogen-bond acceptors (Lipinski definition) is 3. The molecule has 0 spiro atoms. The van der Waals surface area contributed by atoms with Gasteiger partial charge in [-0.2, -0.15) is 0 Å². The third-order valence-electron chi connectivity index (χ3n) is 2.29. The Bertz CT molecular complexity index is 275. The van der Waals surface area contributed by atoms with Crippen LogP contribution in [0.2, 0.25) is 0 Å². The Morgan fingerprint density at radius 3 is 2.87 bits per heavy atom. The molecule has 1 N–H and O–H groups in total. The van der Waals surface area contributed by atoms with Crippen molar-refractivity contribution in [2.24, 2.45) is 5.92 Å². The van der Waals surface area contributed by atoms with Gasteiger partial charge in [0.1, 0.15) is 0 Å². The molecule has 0 unspecified atom stereocenters. The molecule has 0 radical (unpaired) electrons. The third-order valence-corrected chi connectivity index (χ3v) is 2.29. The number of rotatable bonds is 3. The molecule has 1 aliphatic heterocycles. The van der Waals surface area contributed by atoms with Crippen molar-refractivity contribution in [2.75, 3.05) is 19.7 Å². The molecule has 1 atom stereocenters. The Morgan fingerprint density at radius 1 is 1.60 bits per heavy atom. The van der Waals surface area contributed by atoms with Crippen LogP contribution in [0.1, 0.15) is 13.3 Å². The van der Waals surface area contributed by atoms with Gasteiger partial charge >= 0.3 is 12.1 Å². The summed E-state index contributed by atoms with van der Waals surface area (Å²) in [5, 5.41) is 8.70. The van der Waals surface area contributed by atoms with Crippen molar-refractivity contribution < 1.29 is 19.4 Å². The Morgan fingerprint density at radius 2 is 2.33 bits per heavy atom. The summed E-state index contributed by atoms with van der Waals surface area (Å²) in [4.78, 5) is 22.9. The van der Waals surface area contributed by atoms with Crippen molar-refractivity contribution in [1.82, 2.24) is 4.90 Å². The molecule has 1 fully saturated rings. The summed E-state index contributed by atoms with van der Waals surface area (Å²) in [5.41, 5.74) is 0. The average Bonchev–Trinajstić information content (AvgIpc) is 2.63. The minimum atomic E-state index is -0.901. The number of ether oxygens (including phenoxy) is 1. The predicted octanol–water partition coefficient (Wildman–Crippen LogP) is 1.11. The lowest BCUT2D eigenvalue weighted by Crippen LogP contribution is -2.26. The zero-order valence-corrected chi connectivity index (χ0v) is 8.68. The molecule has 0 aliphatic carbocycles. The van der Waals surface area contributed by atoms with Crippen LogP contribution < -0.4 is 0 Å². The summed E-state index contributed by atoms with van der Waals surface area (Å²) < 4.78 is 4.72. The lowest BCUT2D eigenvalue weighted by atomic mass is 10.1. The van der Waals surface area contributed by atoms with Crippen LogP contribution in [0.25, 0.3) is 0 Å². The van der Waals surface area contributed by atoms with Crippen LogP contribution in [-0.4, -0.2) is 41.8 Å². The molecule has 1 amide bonds. The van der Waals surface area contributed by atoms with Gasteiger partial charge in [0.15, 0.2) is 0 Å². The second-order valence-electron chi connectivity index (χ2n) is 3.39. The van der Waals surface area contributed by atoms with Gasteiger partial charge in [0.25, 0.3) is 0 Å². The summed E-state index contributed by atoms with van der Waals surface area (Å²) >= 11 is 0. The molecule has 0 aromatic heterocycles. The summed E-state index contributed by atoms with van der Waals surface area (Å²) in [6.07, 6.45) is 2.96. The van der Waals surface area contributed by atoms with E-state index in [2.05, 4.69) is 0 Å². The van der Waals surface area contributed by atoms with Crippen LogP contribution in [0.3, 0.4) is 0 Å². The van der Waals surface area contributed by atoms with Crippen molar-refractivity contribution in [3.05, 3.63) is 12.2 Å². The fourth-order valence-electron chi connectivity index (χ4n) is 1.52. The van der Waals surface area contributed by atoms with Crippen molar-refractivity contribution in [1.29, 1.82) is 0 Å². The zero-order chi connectivity index (χ0) is 11.3. The lowest BCUT2D eigenvalue weighted by molar-refractivity contribution is -0.137. The molecule has 84 valence electrons. The summed E-state index contributed by atoms with van der Waals surface area (Å²) in [6.45, 7) is 3.10. The second kappa shape index (κ2) is 5.38. The number of esters is 1. The minimum Gasteiger partial charge on any atom is -0.465 e. The highest BCUT2D eigenvalue weighted by Crippen LogP contribution is 2.17. The van der Waals surface area contributed by atoms with E-state index < -0.39 is 6.09 Å². The minimum absolute atomic E-state index is 0.130. The molecule has 0 saturated carbocycles. The zero-order valence-electron chi connectivity index (χ0n) is 8.68. The molecule has 1 saturated heterocycles. The summed E-state index contributed by atoms with van der Waals surface area (Å²) in [5.74, 6) is -0.239. The quantitative estimate of drug-likeness (QED) is 0.563.